The van der Waals surface area contributed by atoms with Gasteiger partial charge in [-0.25, -0.2) is 9.37 Å². The van der Waals surface area contributed by atoms with Gasteiger partial charge in [0, 0.05) is 36.3 Å². The van der Waals surface area contributed by atoms with Gasteiger partial charge in [-0.3, -0.25) is 4.79 Å². The number of aryl methyl sites for hydroxylation is 2. The molecule has 162 valence electrons. The minimum Gasteiger partial charge on any atom is -0.378 e. The van der Waals surface area contributed by atoms with E-state index in [2.05, 4.69) is 15.5 Å². The molecule has 0 saturated carbocycles. The molecule has 1 aliphatic heterocycles. The predicted molar refractivity (Wildman–Crippen MR) is 117 cm³/mol. The van der Waals surface area contributed by atoms with Crippen LogP contribution < -0.4 is 10.2 Å². The highest BCUT2D eigenvalue weighted by Gasteiger charge is 2.18. The maximum atomic E-state index is 14.7. The lowest BCUT2D eigenvalue weighted by atomic mass is 10.2. The van der Waals surface area contributed by atoms with E-state index in [9.17, 15) is 9.18 Å². The summed E-state index contributed by atoms with van der Waals surface area (Å²) in [5.74, 6) is 0.621. The van der Waals surface area contributed by atoms with Crippen LogP contribution in [-0.4, -0.2) is 42.4 Å². The third kappa shape index (κ3) is 4.88. The number of pyridine rings is 1. The molecule has 1 N–H and O–H groups in total. The summed E-state index contributed by atoms with van der Waals surface area (Å²) >= 11 is 1.43. The minimum atomic E-state index is -0.376. The van der Waals surface area contributed by atoms with Crippen LogP contribution in [0.15, 0.2) is 46.1 Å². The Balaban J connectivity index is 1.47. The fraction of sp³-hybridized carbons (Fsp3) is 0.318. The van der Waals surface area contributed by atoms with Crippen molar-refractivity contribution in [3.8, 4) is 0 Å². The maximum Gasteiger partial charge on any atom is 0.258 e. The number of hydrogen-bond acceptors (Lipinski definition) is 7. The van der Waals surface area contributed by atoms with Crippen molar-refractivity contribution < 1.29 is 18.4 Å². The second-order valence-corrected chi connectivity index (χ2v) is 8.13. The van der Waals surface area contributed by atoms with Crippen molar-refractivity contribution in [3.05, 3.63) is 64.9 Å². The number of nitrogens with zero attached hydrogens (tertiary/aromatic N) is 3. The molecule has 2 aromatic heterocycles. The number of amides is 1. The predicted octanol–water partition coefficient (Wildman–Crippen LogP) is 4.21. The summed E-state index contributed by atoms with van der Waals surface area (Å²) in [6.45, 7) is 6.18. The largest absolute Gasteiger partial charge is 0.378 e. The molecule has 7 nitrogen and oxygen atoms in total. The standard InChI is InChI=1S/C22H23FN4O3S/c1-14-18(15(2)30-26-14)13-31-22-17(4-3-7-24-22)21(28)25-16-5-6-20(19(23)12-16)27-8-10-29-11-9-27/h3-7,12H,8-11,13H2,1-2H3,(H,25,28). The molecule has 1 saturated heterocycles. The van der Waals surface area contributed by atoms with Gasteiger partial charge in [-0.15, -0.1) is 11.8 Å². The van der Waals surface area contributed by atoms with E-state index >= 15 is 0 Å². The minimum absolute atomic E-state index is 0.340. The number of thioether (sulfide) groups is 1. The highest BCUT2D eigenvalue weighted by Crippen LogP contribution is 2.28. The van der Waals surface area contributed by atoms with Gasteiger partial charge in [-0.05, 0) is 44.2 Å². The Morgan fingerprint density at radius 3 is 2.77 bits per heavy atom. The number of benzene rings is 1. The fourth-order valence-corrected chi connectivity index (χ4v) is 4.52. The highest BCUT2D eigenvalue weighted by atomic mass is 32.2. The summed E-state index contributed by atoms with van der Waals surface area (Å²) in [4.78, 5) is 19.2. The molecular weight excluding hydrogens is 419 g/mol. The average molecular weight is 443 g/mol. The number of ether oxygens (including phenoxy) is 1. The summed E-state index contributed by atoms with van der Waals surface area (Å²) < 4.78 is 25.2. The summed E-state index contributed by atoms with van der Waals surface area (Å²) in [5.41, 5.74) is 3.14. The summed E-state index contributed by atoms with van der Waals surface area (Å²) in [6, 6.07) is 8.15. The lowest BCUT2D eigenvalue weighted by Gasteiger charge is -2.29. The third-order valence-corrected chi connectivity index (χ3v) is 6.14. The fourth-order valence-electron chi connectivity index (χ4n) is 3.37. The topological polar surface area (TPSA) is 80.5 Å². The van der Waals surface area contributed by atoms with E-state index in [1.165, 1.54) is 17.8 Å². The van der Waals surface area contributed by atoms with Crippen LogP contribution in [0.2, 0.25) is 0 Å². The molecule has 1 amide bonds. The quantitative estimate of drug-likeness (QED) is 0.573. The normalized spacial score (nSPS) is 14.0. The molecular formula is C22H23FN4O3S. The maximum absolute atomic E-state index is 14.7. The van der Waals surface area contributed by atoms with Gasteiger partial charge in [-0.1, -0.05) is 5.16 Å². The van der Waals surface area contributed by atoms with Gasteiger partial charge in [-0.2, -0.15) is 0 Å². The molecule has 0 atom stereocenters. The van der Waals surface area contributed by atoms with Gasteiger partial charge in [0.15, 0.2) is 0 Å². The first-order valence-electron chi connectivity index (χ1n) is 9.96. The molecule has 0 unspecified atom stereocenters. The molecule has 9 heteroatoms. The molecule has 0 radical (unpaired) electrons. The number of morpholine rings is 1. The lowest BCUT2D eigenvalue weighted by molar-refractivity contribution is 0.102. The zero-order chi connectivity index (χ0) is 21.8. The molecule has 1 fully saturated rings. The van der Waals surface area contributed by atoms with E-state index < -0.39 is 0 Å². The molecule has 0 bridgehead atoms. The van der Waals surface area contributed by atoms with Gasteiger partial charge < -0.3 is 19.5 Å². The molecule has 3 aromatic rings. The van der Waals surface area contributed by atoms with Gasteiger partial charge in [0.1, 0.15) is 16.6 Å². The van der Waals surface area contributed by atoms with Crippen molar-refractivity contribution in [3.63, 3.8) is 0 Å². The molecule has 31 heavy (non-hydrogen) atoms. The zero-order valence-corrected chi connectivity index (χ0v) is 18.2. The second-order valence-electron chi connectivity index (χ2n) is 7.17. The number of halogens is 1. The van der Waals surface area contributed by atoms with Gasteiger partial charge in [0.25, 0.3) is 5.91 Å². The Labute approximate surface area is 184 Å². The Morgan fingerprint density at radius 2 is 2.06 bits per heavy atom. The first-order chi connectivity index (χ1) is 15.0. The highest BCUT2D eigenvalue weighted by molar-refractivity contribution is 7.98. The lowest BCUT2D eigenvalue weighted by Crippen LogP contribution is -2.36. The number of nitrogens with one attached hydrogen (secondary N) is 1. The van der Waals surface area contributed by atoms with E-state index in [0.717, 1.165) is 17.0 Å². The van der Waals surface area contributed by atoms with Crippen LogP contribution in [0.4, 0.5) is 15.8 Å². The SMILES string of the molecule is Cc1noc(C)c1CSc1ncccc1C(=O)Nc1ccc(N2CCOCC2)c(F)c1. The number of hydrogen-bond donors (Lipinski definition) is 1. The van der Waals surface area contributed by atoms with Gasteiger partial charge in [0.2, 0.25) is 0 Å². The van der Waals surface area contributed by atoms with Crippen LogP contribution >= 0.6 is 11.8 Å². The summed E-state index contributed by atoms with van der Waals surface area (Å²) in [6.07, 6.45) is 1.64. The summed E-state index contributed by atoms with van der Waals surface area (Å²) in [5, 5.41) is 7.32. The zero-order valence-electron chi connectivity index (χ0n) is 17.4. The van der Waals surface area contributed by atoms with Crippen molar-refractivity contribution >= 4 is 29.0 Å². The van der Waals surface area contributed by atoms with E-state index in [1.807, 2.05) is 18.7 Å². The van der Waals surface area contributed by atoms with Crippen LogP contribution in [0.3, 0.4) is 0 Å². The smallest absolute Gasteiger partial charge is 0.258 e. The van der Waals surface area contributed by atoms with Crippen molar-refractivity contribution in [2.45, 2.75) is 24.6 Å². The van der Waals surface area contributed by atoms with Crippen molar-refractivity contribution in [2.75, 3.05) is 36.5 Å². The first kappa shape index (κ1) is 21.3. The van der Waals surface area contributed by atoms with Crippen molar-refractivity contribution in [1.82, 2.24) is 10.1 Å². The van der Waals surface area contributed by atoms with Crippen LogP contribution in [0.25, 0.3) is 0 Å². The first-order valence-corrected chi connectivity index (χ1v) is 10.9. The van der Waals surface area contributed by atoms with E-state index in [4.69, 9.17) is 9.26 Å². The summed E-state index contributed by atoms with van der Waals surface area (Å²) in [7, 11) is 0. The van der Waals surface area contributed by atoms with E-state index in [1.54, 1.807) is 30.5 Å². The van der Waals surface area contributed by atoms with Crippen LogP contribution in [0.1, 0.15) is 27.4 Å². The number of aromatic nitrogens is 2. The molecule has 3 heterocycles. The van der Waals surface area contributed by atoms with Crippen LogP contribution in [0.5, 0.6) is 0 Å². The van der Waals surface area contributed by atoms with E-state index in [-0.39, 0.29) is 11.7 Å². The van der Waals surface area contributed by atoms with Gasteiger partial charge in [0.05, 0.1) is 30.2 Å². The Hall–Kier alpha value is -2.91. The van der Waals surface area contributed by atoms with Crippen LogP contribution in [0, 0.1) is 19.7 Å². The molecule has 1 aliphatic rings. The Morgan fingerprint density at radius 1 is 1.26 bits per heavy atom. The van der Waals surface area contributed by atoms with Crippen molar-refractivity contribution in [1.29, 1.82) is 0 Å². The third-order valence-electron chi connectivity index (χ3n) is 5.11. The van der Waals surface area contributed by atoms with E-state index in [0.29, 0.717) is 54.0 Å². The number of anilines is 2. The molecule has 4 rings (SSSR count). The molecule has 1 aromatic carbocycles. The second kappa shape index (κ2) is 9.49. The van der Waals surface area contributed by atoms with Gasteiger partial charge >= 0.3 is 0 Å². The Bertz CT molecular complexity index is 1060. The number of rotatable bonds is 6. The average Bonchev–Trinajstić information content (AvgIpc) is 3.10. The molecule has 0 aliphatic carbocycles. The number of carbonyl (C=O) groups is 1. The number of carbonyl (C=O) groups excluding carboxylic acids is 1. The Kier molecular flexibility index (Phi) is 6.53. The molecule has 0 spiro atoms. The monoisotopic (exact) mass is 442 g/mol. The van der Waals surface area contributed by atoms with Crippen LogP contribution in [-0.2, 0) is 10.5 Å². The van der Waals surface area contributed by atoms with Crippen molar-refractivity contribution in [2.24, 2.45) is 0 Å².